The van der Waals surface area contributed by atoms with Gasteiger partial charge < -0.3 is 4.90 Å². The zero-order chi connectivity index (χ0) is 13.1. The normalized spacial score (nSPS) is 11.7. The number of halogens is 1. The number of hydrogen-bond acceptors (Lipinski definition) is 3. The molecule has 5 nitrogen and oxygen atoms in total. The largest absolute Gasteiger partial charge is 0.368 e. The second kappa shape index (κ2) is 5.29. The van der Waals surface area contributed by atoms with Gasteiger partial charge in [-0.15, -0.1) is 4.40 Å². The fraction of sp³-hybridized carbons (Fsp3) is 0.200. The van der Waals surface area contributed by atoms with Gasteiger partial charge in [-0.1, -0.05) is 12.1 Å². The van der Waals surface area contributed by atoms with E-state index in [4.69, 9.17) is 11.6 Å². The third kappa shape index (κ3) is 3.54. The lowest BCUT2D eigenvalue weighted by atomic mass is 10.2. The van der Waals surface area contributed by atoms with Crippen LogP contribution in [0.5, 0.6) is 0 Å². The lowest BCUT2D eigenvalue weighted by molar-refractivity contribution is 0.107. The molecule has 1 rings (SSSR count). The lowest BCUT2D eigenvalue weighted by Crippen LogP contribution is -2.11. The summed E-state index contributed by atoms with van der Waals surface area (Å²) >= 11 is 5.31. The van der Waals surface area contributed by atoms with E-state index in [1.54, 1.807) is 14.1 Å². The highest BCUT2D eigenvalue weighted by Gasteiger charge is 2.19. The third-order valence-electron chi connectivity index (χ3n) is 1.79. The molecule has 0 fully saturated rings. The van der Waals surface area contributed by atoms with Crippen LogP contribution in [0.2, 0.25) is 0 Å². The molecule has 0 saturated carbocycles. The molecule has 0 heterocycles. The maximum Gasteiger partial charge on any atom is 0.284 e. The average Bonchev–Trinajstić information content (AvgIpc) is 2.26. The Balaban J connectivity index is 3.29. The van der Waals surface area contributed by atoms with Crippen molar-refractivity contribution in [2.75, 3.05) is 14.1 Å². The number of rotatable bonds is 4. The first-order valence-corrected chi connectivity index (χ1v) is 6.42. The summed E-state index contributed by atoms with van der Waals surface area (Å²) in [7, 11) is -0.635. The molecule has 17 heavy (non-hydrogen) atoms. The minimum Gasteiger partial charge on any atom is -0.368 e. The SMILES string of the molecule is CN(C)C=NS(=O)(=O)c1ccccc1C(=O)Cl. The molecule has 0 aromatic heterocycles. The maximum absolute atomic E-state index is 11.8. The van der Waals surface area contributed by atoms with Crippen molar-refractivity contribution in [3.63, 3.8) is 0 Å². The monoisotopic (exact) mass is 274 g/mol. The van der Waals surface area contributed by atoms with Crippen LogP contribution in [0.15, 0.2) is 33.6 Å². The van der Waals surface area contributed by atoms with Crippen LogP contribution in [0.1, 0.15) is 10.4 Å². The first-order valence-electron chi connectivity index (χ1n) is 4.60. The lowest BCUT2D eigenvalue weighted by Gasteiger charge is -2.05. The predicted molar refractivity (Wildman–Crippen MR) is 66.0 cm³/mol. The molecule has 0 bridgehead atoms. The smallest absolute Gasteiger partial charge is 0.284 e. The summed E-state index contributed by atoms with van der Waals surface area (Å²) in [6.45, 7) is 0. The van der Waals surface area contributed by atoms with Gasteiger partial charge in [0.25, 0.3) is 15.3 Å². The number of sulfonamides is 1. The number of carbonyl (C=O) groups is 1. The number of nitrogens with zero attached hydrogens (tertiary/aromatic N) is 2. The molecule has 0 N–H and O–H groups in total. The highest BCUT2D eigenvalue weighted by atomic mass is 35.5. The van der Waals surface area contributed by atoms with Gasteiger partial charge in [0.15, 0.2) is 0 Å². The summed E-state index contributed by atoms with van der Waals surface area (Å²) in [6.07, 6.45) is 1.14. The van der Waals surface area contributed by atoms with Crippen LogP contribution in [-0.4, -0.2) is 39.0 Å². The molecule has 1 aromatic carbocycles. The van der Waals surface area contributed by atoms with Gasteiger partial charge in [0, 0.05) is 14.1 Å². The van der Waals surface area contributed by atoms with Gasteiger partial charge in [0.1, 0.15) is 11.2 Å². The molecule has 0 aliphatic rings. The van der Waals surface area contributed by atoms with Crippen molar-refractivity contribution in [2.24, 2.45) is 4.40 Å². The highest BCUT2D eigenvalue weighted by molar-refractivity contribution is 7.90. The Labute approximate surface area is 105 Å². The Kier molecular flexibility index (Phi) is 4.25. The molecule has 0 saturated heterocycles. The van der Waals surface area contributed by atoms with Crippen LogP contribution < -0.4 is 0 Å². The summed E-state index contributed by atoms with van der Waals surface area (Å²) in [5, 5.41) is -0.829. The van der Waals surface area contributed by atoms with Crippen LogP contribution in [0.4, 0.5) is 0 Å². The van der Waals surface area contributed by atoms with Gasteiger partial charge in [0.05, 0.1) is 5.56 Å². The van der Waals surface area contributed by atoms with Crippen LogP contribution in [0.25, 0.3) is 0 Å². The van der Waals surface area contributed by atoms with Crippen molar-refractivity contribution >= 4 is 33.2 Å². The van der Waals surface area contributed by atoms with E-state index < -0.39 is 15.3 Å². The highest BCUT2D eigenvalue weighted by Crippen LogP contribution is 2.19. The standard InChI is InChI=1S/C10H11ClN2O3S/c1-13(2)7-12-17(15,16)9-6-4-3-5-8(9)10(11)14/h3-7H,1-2H3. The van der Waals surface area contributed by atoms with Crippen molar-refractivity contribution in [2.45, 2.75) is 4.90 Å². The van der Waals surface area contributed by atoms with E-state index in [1.807, 2.05) is 0 Å². The van der Waals surface area contributed by atoms with Crippen LogP contribution in [-0.2, 0) is 10.0 Å². The van der Waals surface area contributed by atoms with Crippen LogP contribution in [0, 0.1) is 0 Å². The average molecular weight is 275 g/mol. The van der Waals surface area contributed by atoms with Gasteiger partial charge >= 0.3 is 0 Å². The molecule has 7 heteroatoms. The van der Waals surface area contributed by atoms with Crippen molar-refractivity contribution in [3.05, 3.63) is 29.8 Å². The van der Waals surface area contributed by atoms with Crippen molar-refractivity contribution in [1.82, 2.24) is 4.90 Å². The Bertz CT molecular complexity index is 552. The van der Waals surface area contributed by atoms with E-state index >= 15 is 0 Å². The van der Waals surface area contributed by atoms with Gasteiger partial charge in [0.2, 0.25) is 0 Å². The van der Waals surface area contributed by atoms with E-state index in [9.17, 15) is 13.2 Å². The molecular formula is C10H11ClN2O3S. The summed E-state index contributed by atoms with van der Waals surface area (Å²) in [6, 6.07) is 5.66. The van der Waals surface area contributed by atoms with E-state index in [-0.39, 0.29) is 10.5 Å². The summed E-state index contributed by atoms with van der Waals surface area (Å²) in [4.78, 5) is 12.4. The number of hydrogen-bond donors (Lipinski definition) is 0. The molecule has 0 unspecified atom stereocenters. The van der Waals surface area contributed by atoms with E-state index in [2.05, 4.69) is 4.40 Å². The van der Waals surface area contributed by atoms with Crippen molar-refractivity contribution < 1.29 is 13.2 Å². The molecule has 0 aliphatic heterocycles. The fourth-order valence-electron chi connectivity index (χ4n) is 1.07. The Morgan fingerprint density at radius 2 is 1.94 bits per heavy atom. The van der Waals surface area contributed by atoms with Gasteiger partial charge in [-0.05, 0) is 23.7 Å². The quantitative estimate of drug-likeness (QED) is 0.472. The molecule has 0 amide bonds. The van der Waals surface area contributed by atoms with Crippen LogP contribution in [0.3, 0.4) is 0 Å². The first-order chi connectivity index (χ1) is 7.84. The van der Waals surface area contributed by atoms with Crippen molar-refractivity contribution in [1.29, 1.82) is 0 Å². The summed E-state index contributed by atoms with van der Waals surface area (Å²) in [5.41, 5.74) is -0.0786. The predicted octanol–water partition coefficient (Wildman–Crippen LogP) is 1.34. The van der Waals surface area contributed by atoms with Crippen LogP contribution >= 0.6 is 11.6 Å². The van der Waals surface area contributed by atoms with E-state index in [0.717, 1.165) is 6.34 Å². The van der Waals surface area contributed by atoms with E-state index in [1.165, 1.54) is 29.2 Å². The summed E-state index contributed by atoms with van der Waals surface area (Å²) < 4.78 is 27.1. The van der Waals surface area contributed by atoms with Gasteiger partial charge in [-0.2, -0.15) is 8.42 Å². The summed E-state index contributed by atoms with van der Waals surface area (Å²) in [5.74, 6) is 0. The zero-order valence-corrected chi connectivity index (χ0v) is 10.9. The Hall–Kier alpha value is -1.40. The Morgan fingerprint density at radius 1 is 1.35 bits per heavy atom. The molecule has 0 spiro atoms. The first kappa shape index (κ1) is 13.7. The second-order valence-corrected chi connectivity index (χ2v) is 5.37. The molecule has 0 aliphatic carbocycles. The van der Waals surface area contributed by atoms with Gasteiger partial charge in [-0.25, -0.2) is 0 Å². The zero-order valence-electron chi connectivity index (χ0n) is 9.29. The molecule has 1 aromatic rings. The molecular weight excluding hydrogens is 264 g/mol. The van der Waals surface area contributed by atoms with Gasteiger partial charge in [-0.3, -0.25) is 4.79 Å². The van der Waals surface area contributed by atoms with Crippen molar-refractivity contribution in [3.8, 4) is 0 Å². The van der Waals surface area contributed by atoms with E-state index in [0.29, 0.717) is 0 Å². The second-order valence-electron chi connectivity index (χ2n) is 3.43. The minimum atomic E-state index is -3.91. The fourth-order valence-corrected chi connectivity index (χ4v) is 2.40. The molecule has 0 atom stereocenters. The Morgan fingerprint density at radius 3 is 2.47 bits per heavy atom. The maximum atomic E-state index is 11.8. The third-order valence-corrected chi connectivity index (χ3v) is 3.28. The topological polar surface area (TPSA) is 66.8 Å². The molecule has 0 radical (unpaired) electrons. The molecule has 92 valence electrons. The number of carbonyl (C=O) groups excluding carboxylic acids is 1. The minimum absolute atomic E-state index is 0.0786. The number of benzene rings is 1.